The molecule has 1 aromatic heterocycles. The van der Waals surface area contributed by atoms with Gasteiger partial charge in [0.25, 0.3) is 0 Å². The summed E-state index contributed by atoms with van der Waals surface area (Å²) in [5.41, 5.74) is -0.134. The van der Waals surface area contributed by atoms with Gasteiger partial charge in [-0.15, -0.1) is 0 Å². The molecule has 1 amide bonds. The van der Waals surface area contributed by atoms with Gasteiger partial charge < -0.3 is 30.8 Å². The smallest absolute Gasteiger partial charge is 0.406 e. The fourth-order valence-corrected chi connectivity index (χ4v) is 1.51. The van der Waals surface area contributed by atoms with Gasteiger partial charge in [-0.2, -0.15) is 0 Å². The Morgan fingerprint density at radius 1 is 1.50 bits per heavy atom. The van der Waals surface area contributed by atoms with Crippen molar-refractivity contribution < 1.29 is 25.0 Å². The molecule has 0 aliphatic rings. The van der Waals surface area contributed by atoms with Gasteiger partial charge in [0.15, 0.2) is 5.69 Å². The van der Waals surface area contributed by atoms with Gasteiger partial charge in [0, 0.05) is 13.5 Å². The van der Waals surface area contributed by atoms with Gasteiger partial charge in [0.2, 0.25) is 11.7 Å². The second-order valence-electron chi connectivity index (χ2n) is 4.12. The zero-order valence-corrected chi connectivity index (χ0v) is 10.7. The summed E-state index contributed by atoms with van der Waals surface area (Å²) >= 11 is 0. The highest BCUT2D eigenvalue weighted by Crippen LogP contribution is 2.26. The van der Waals surface area contributed by atoms with Crippen molar-refractivity contribution in [2.75, 3.05) is 6.54 Å². The minimum atomic E-state index is -1.46. The van der Waals surface area contributed by atoms with E-state index in [1.165, 1.54) is 13.0 Å². The van der Waals surface area contributed by atoms with Gasteiger partial charge in [-0.3, -0.25) is 4.79 Å². The average molecular weight is 285 g/mol. The van der Waals surface area contributed by atoms with E-state index in [4.69, 9.17) is 0 Å². The molecule has 0 bridgehead atoms. The molecule has 2 atom stereocenters. The van der Waals surface area contributed by atoms with Crippen LogP contribution in [0.25, 0.3) is 0 Å². The van der Waals surface area contributed by atoms with Gasteiger partial charge in [-0.1, -0.05) is 0 Å². The predicted molar refractivity (Wildman–Crippen MR) is 66.8 cm³/mol. The van der Waals surface area contributed by atoms with E-state index in [0.717, 1.165) is 6.07 Å². The van der Waals surface area contributed by atoms with Crippen LogP contribution >= 0.6 is 0 Å². The van der Waals surface area contributed by atoms with E-state index >= 15 is 0 Å². The molecule has 110 valence electrons. The SMILES string of the molecule is CC(=O)NCCC(O)C(O)c1ccc(O)c([N+](=O)[O-])n1. The standard InChI is InChI=1S/C11H15N3O6/c1-6(15)12-5-4-8(16)10(18)7-2-3-9(17)11(13-7)14(19)20/h2-3,8,10,16-18H,4-5H2,1H3,(H,12,15). The molecule has 0 saturated carbocycles. The Hall–Kier alpha value is -2.26. The Morgan fingerprint density at radius 2 is 2.15 bits per heavy atom. The highest BCUT2D eigenvalue weighted by atomic mass is 16.6. The predicted octanol–water partition coefficient (Wildman–Crippen LogP) is -0.384. The molecule has 0 saturated heterocycles. The number of nitrogens with zero attached hydrogens (tertiary/aromatic N) is 2. The van der Waals surface area contributed by atoms with Crippen LogP contribution in [-0.2, 0) is 4.79 Å². The third-order valence-corrected chi connectivity index (χ3v) is 2.53. The number of carbonyl (C=O) groups excluding carboxylic acids is 1. The number of rotatable bonds is 6. The third-order valence-electron chi connectivity index (χ3n) is 2.53. The Kier molecular flexibility index (Phi) is 5.35. The molecule has 0 aliphatic carbocycles. The first kappa shape index (κ1) is 15.8. The van der Waals surface area contributed by atoms with Gasteiger partial charge >= 0.3 is 5.82 Å². The first-order chi connectivity index (χ1) is 9.32. The van der Waals surface area contributed by atoms with Crippen molar-refractivity contribution in [3.63, 3.8) is 0 Å². The maximum absolute atomic E-state index is 10.7. The van der Waals surface area contributed by atoms with E-state index in [1.807, 2.05) is 0 Å². The van der Waals surface area contributed by atoms with Crippen molar-refractivity contribution in [2.24, 2.45) is 0 Å². The van der Waals surface area contributed by atoms with E-state index < -0.39 is 28.7 Å². The normalized spacial score (nSPS) is 13.6. The topological polar surface area (TPSA) is 146 Å². The van der Waals surface area contributed by atoms with E-state index in [0.29, 0.717) is 0 Å². The first-order valence-corrected chi connectivity index (χ1v) is 5.77. The van der Waals surface area contributed by atoms with Gasteiger partial charge in [0.1, 0.15) is 6.10 Å². The molecule has 0 radical (unpaired) electrons. The second kappa shape index (κ2) is 6.78. The van der Waals surface area contributed by atoms with Crippen LogP contribution in [0.2, 0.25) is 0 Å². The zero-order valence-electron chi connectivity index (χ0n) is 10.7. The fraction of sp³-hybridized carbons (Fsp3) is 0.455. The molecule has 0 fully saturated rings. The summed E-state index contributed by atoms with van der Waals surface area (Å²) in [7, 11) is 0. The number of aliphatic hydroxyl groups excluding tert-OH is 2. The molecule has 9 heteroatoms. The largest absolute Gasteiger partial charge is 0.501 e. The number of nitro groups is 1. The van der Waals surface area contributed by atoms with Crippen LogP contribution in [0.3, 0.4) is 0 Å². The highest BCUT2D eigenvalue weighted by Gasteiger charge is 2.26. The van der Waals surface area contributed by atoms with Crippen LogP contribution in [0.5, 0.6) is 5.75 Å². The molecule has 0 spiro atoms. The maximum atomic E-state index is 10.7. The minimum Gasteiger partial charge on any atom is -0.501 e. The van der Waals surface area contributed by atoms with Crippen molar-refractivity contribution in [3.05, 3.63) is 27.9 Å². The molecule has 0 aromatic carbocycles. The lowest BCUT2D eigenvalue weighted by Crippen LogP contribution is -2.28. The number of aromatic nitrogens is 1. The quantitative estimate of drug-likeness (QED) is 0.411. The highest BCUT2D eigenvalue weighted by molar-refractivity contribution is 5.72. The van der Waals surface area contributed by atoms with Crippen LogP contribution in [-0.4, -0.2) is 43.8 Å². The molecule has 0 aliphatic heterocycles. The van der Waals surface area contributed by atoms with Crippen LogP contribution < -0.4 is 5.32 Å². The zero-order chi connectivity index (χ0) is 15.3. The van der Waals surface area contributed by atoms with Crippen molar-refractivity contribution in [1.82, 2.24) is 10.3 Å². The Labute approximate surface area is 114 Å². The molecular formula is C11H15N3O6. The van der Waals surface area contributed by atoms with Gasteiger partial charge in [0.05, 0.1) is 6.10 Å². The Balaban J connectivity index is 2.76. The summed E-state index contributed by atoms with van der Waals surface area (Å²) < 4.78 is 0. The lowest BCUT2D eigenvalue weighted by atomic mass is 10.1. The lowest BCUT2D eigenvalue weighted by molar-refractivity contribution is -0.390. The van der Waals surface area contributed by atoms with Crippen LogP contribution in [0, 0.1) is 10.1 Å². The molecule has 1 rings (SSSR count). The second-order valence-corrected chi connectivity index (χ2v) is 4.12. The molecule has 4 N–H and O–H groups in total. The molecule has 1 heterocycles. The van der Waals surface area contributed by atoms with Crippen molar-refractivity contribution >= 4 is 11.7 Å². The Bertz CT molecular complexity index is 507. The summed E-state index contributed by atoms with van der Waals surface area (Å²) in [4.78, 5) is 23.9. The van der Waals surface area contributed by atoms with E-state index in [9.17, 15) is 30.2 Å². The van der Waals surface area contributed by atoms with Crippen molar-refractivity contribution in [3.8, 4) is 5.75 Å². The summed E-state index contributed by atoms with van der Waals surface area (Å²) in [5.74, 6) is -1.70. The number of carbonyl (C=O) groups is 1. The minimum absolute atomic E-state index is 0.0527. The third kappa shape index (κ3) is 4.14. The van der Waals surface area contributed by atoms with Crippen LogP contribution in [0.15, 0.2) is 12.1 Å². The molecular weight excluding hydrogens is 270 g/mol. The average Bonchev–Trinajstić information content (AvgIpc) is 2.37. The summed E-state index contributed by atoms with van der Waals surface area (Å²) in [5, 5.41) is 41.8. The molecule has 9 nitrogen and oxygen atoms in total. The van der Waals surface area contributed by atoms with Crippen LogP contribution in [0.1, 0.15) is 25.1 Å². The first-order valence-electron chi connectivity index (χ1n) is 5.77. The number of hydrogen-bond donors (Lipinski definition) is 4. The molecule has 2 unspecified atom stereocenters. The summed E-state index contributed by atoms with van der Waals surface area (Å²) in [6, 6.07) is 2.19. The fourth-order valence-electron chi connectivity index (χ4n) is 1.51. The molecule has 1 aromatic rings. The van der Waals surface area contributed by atoms with E-state index in [-0.39, 0.29) is 24.6 Å². The number of pyridine rings is 1. The van der Waals surface area contributed by atoms with Crippen molar-refractivity contribution in [2.45, 2.75) is 25.6 Å². The number of amides is 1. The lowest BCUT2D eigenvalue weighted by Gasteiger charge is -2.15. The summed E-state index contributed by atoms with van der Waals surface area (Å²) in [6.45, 7) is 1.46. The number of aromatic hydroxyl groups is 1. The van der Waals surface area contributed by atoms with Crippen LogP contribution in [0.4, 0.5) is 5.82 Å². The molecule has 20 heavy (non-hydrogen) atoms. The Morgan fingerprint density at radius 3 is 2.70 bits per heavy atom. The number of hydrogen-bond acceptors (Lipinski definition) is 7. The van der Waals surface area contributed by atoms with Crippen molar-refractivity contribution in [1.29, 1.82) is 0 Å². The number of aliphatic hydroxyl groups is 2. The van der Waals surface area contributed by atoms with Gasteiger partial charge in [-0.25, -0.2) is 0 Å². The van der Waals surface area contributed by atoms with Gasteiger partial charge in [-0.05, 0) is 28.5 Å². The van der Waals surface area contributed by atoms with E-state index in [1.54, 1.807) is 0 Å². The summed E-state index contributed by atoms with van der Waals surface area (Å²) in [6.07, 6.45) is -2.65. The maximum Gasteiger partial charge on any atom is 0.406 e. The van der Waals surface area contributed by atoms with E-state index in [2.05, 4.69) is 10.3 Å². The number of nitrogens with one attached hydrogen (secondary N) is 1. The monoisotopic (exact) mass is 285 g/mol.